The van der Waals surface area contributed by atoms with Crippen molar-refractivity contribution < 1.29 is 22.7 Å². The number of alkyl halides is 3. The van der Waals surface area contributed by atoms with Gasteiger partial charge in [-0.2, -0.15) is 18.1 Å². The summed E-state index contributed by atoms with van der Waals surface area (Å²) in [5, 5.41) is 2.65. The number of amides is 1. The third kappa shape index (κ3) is 4.84. The van der Waals surface area contributed by atoms with E-state index < -0.39 is 29.6 Å². The molecule has 0 aromatic rings. The van der Waals surface area contributed by atoms with Crippen molar-refractivity contribution in [2.75, 3.05) is 6.54 Å². The van der Waals surface area contributed by atoms with Crippen molar-refractivity contribution >= 4 is 5.91 Å². The third-order valence-corrected chi connectivity index (χ3v) is 3.58. The number of halogens is 3. The second-order valence-corrected chi connectivity index (χ2v) is 5.28. The fraction of sp³-hybridized carbons (Fsp3) is 0.533. The summed E-state index contributed by atoms with van der Waals surface area (Å²) < 4.78 is 45.3. The molecule has 1 amide bonds. The van der Waals surface area contributed by atoms with E-state index in [0.717, 1.165) is 11.8 Å². The van der Waals surface area contributed by atoms with Gasteiger partial charge in [0.1, 0.15) is 12.3 Å². The van der Waals surface area contributed by atoms with Gasteiger partial charge in [-0.05, 0) is 25.0 Å². The zero-order valence-electron chi connectivity index (χ0n) is 13.7. The van der Waals surface area contributed by atoms with E-state index in [-0.39, 0.29) is 18.7 Å². The zero-order valence-corrected chi connectivity index (χ0v) is 13.7. The molecular weight excluding hydrogens is 327 g/mol. The molecule has 0 saturated carbocycles. The third-order valence-electron chi connectivity index (χ3n) is 3.58. The molecule has 0 bridgehead atoms. The molecule has 24 heavy (non-hydrogen) atoms. The highest BCUT2D eigenvalue weighted by molar-refractivity contribution is 5.75. The van der Waals surface area contributed by atoms with Gasteiger partial charge in [0.25, 0.3) is 0 Å². The number of ether oxygens (including phenoxy) is 1. The molecule has 1 aliphatic rings. The Balaban J connectivity index is 3.21. The van der Waals surface area contributed by atoms with Crippen molar-refractivity contribution in [1.29, 1.82) is 0 Å². The van der Waals surface area contributed by atoms with Crippen LogP contribution in [0, 0.1) is 4.91 Å². The standard InChI is InChI=1S/C15H20F3N3O3/c1-4-9(2)14(19)12(15(16,17)18)8-21(10(3)22)13-6-5-11(24-13)7-20-23/h5,8,13H,4,6-7,19H2,1-3H3/b12-8+,14-9?. The van der Waals surface area contributed by atoms with E-state index in [1.807, 2.05) is 0 Å². The van der Waals surface area contributed by atoms with Crippen LogP contribution in [0.15, 0.2) is 40.1 Å². The maximum absolute atomic E-state index is 13.3. The molecule has 0 aliphatic carbocycles. The summed E-state index contributed by atoms with van der Waals surface area (Å²) in [6.45, 7) is 4.06. The van der Waals surface area contributed by atoms with Crippen LogP contribution >= 0.6 is 0 Å². The predicted octanol–water partition coefficient (Wildman–Crippen LogP) is 3.32. The second-order valence-electron chi connectivity index (χ2n) is 5.28. The zero-order chi connectivity index (χ0) is 18.5. The first-order valence-corrected chi connectivity index (χ1v) is 7.30. The molecule has 1 aliphatic heterocycles. The average molecular weight is 347 g/mol. The molecule has 0 spiro atoms. The summed E-state index contributed by atoms with van der Waals surface area (Å²) in [4.78, 5) is 22.9. The van der Waals surface area contributed by atoms with Gasteiger partial charge in [-0.3, -0.25) is 9.69 Å². The summed E-state index contributed by atoms with van der Waals surface area (Å²) in [6.07, 6.45) is -3.02. The molecule has 0 fully saturated rings. The number of allylic oxidation sites excluding steroid dienone is 2. The van der Waals surface area contributed by atoms with Crippen LogP contribution in [-0.4, -0.2) is 29.8 Å². The number of rotatable bonds is 6. The van der Waals surface area contributed by atoms with Crippen LogP contribution in [0.25, 0.3) is 0 Å². The molecule has 1 unspecified atom stereocenters. The predicted molar refractivity (Wildman–Crippen MR) is 82.1 cm³/mol. The fourth-order valence-electron chi connectivity index (χ4n) is 2.07. The van der Waals surface area contributed by atoms with Crippen molar-refractivity contribution in [2.24, 2.45) is 10.9 Å². The highest BCUT2D eigenvalue weighted by Gasteiger charge is 2.38. The van der Waals surface area contributed by atoms with Gasteiger partial charge in [0, 0.05) is 25.2 Å². The second kappa shape index (κ2) is 7.98. The highest BCUT2D eigenvalue weighted by Crippen LogP contribution is 2.33. The van der Waals surface area contributed by atoms with Crippen molar-refractivity contribution in [3.8, 4) is 0 Å². The lowest BCUT2D eigenvalue weighted by Gasteiger charge is -2.26. The quantitative estimate of drug-likeness (QED) is 0.590. The first-order chi connectivity index (χ1) is 11.1. The Morgan fingerprint density at radius 3 is 2.58 bits per heavy atom. The Hall–Kier alpha value is -2.32. The van der Waals surface area contributed by atoms with Gasteiger partial charge in [-0.1, -0.05) is 12.1 Å². The largest absolute Gasteiger partial charge is 0.472 e. The van der Waals surface area contributed by atoms with E-state index in [2.05, 4.69) is 5.18 Å². The van der Waals surface area contributed by atoms with Crippen LogP contribution in [-0.2, 0) is 9.53 Å². The van der Waals surface area contributed by atoms with Crippen molar-refractivity contribution in [2.45, 2.75) is 46.0 Å². The molecule has 134 valence electrons. The van der Waals surface area contributed by atoms with Crippen molar-refractivity contribution in [1.82, 2.24) is 4.90 Å². The molecular formula is C15H20F3N3O3. The van der Waals surface area contributed by atoms with Gasteiger partial charge in [-0.15, -0.1) is 0 Å². The lowest BCUT2D eigenvalue weighted by molar-refractivity contribution is -0.134. The van der Waals surface area contributed by atoms with Crippen LogP contribution in [0.5, 0.6) is 0 Å². The number of carbonyl (C=O) groups is 1. The van der Waals surface area contributed by atoms with Crippen LogP contribution < -0.4 is 5.73 Å². The molecule has 1 rings (SSSR count). The summed E-state index contributed by atoms with van der Waals surface area (Å²) in [7, 11) is 0. The molecule has 0 aromatic heterocycles. The molecule has 0 saturated heterocycles. The first-order valence-electron chi connectivity index (χ1n) is 7.30. The fourth-order valence-corrected chi connectivity index (χ4v) is 2.07. The molecule has 9 heteroatoms. The Morgan fingerprint density at radius 2 is 2.12 bits per heavy atom. The summed E-state index contributed by atoms with van der Waals surface area (Å²) in [5.41, 5.74) is 4.45. The molecule has 1 atom stereocenters. The molecule has 1 heterocycles. The molecule has 0 radical (unpaired) electrons. The van der Waals surface area contributed by atoms with Crippen LogP contribution in [0.1, 0.15) is 33.6 Å². The number of hydrogen-bond donors (Lipinski definition) is 1. The van der Waals surface area contributed by atoms with Crippen molar-refractivity contribution in [3.63, 3.8) is 0 Å². The Kier molecular flexibility index (Phi) is 6.56. The van der Waals surface area contributed by atoms with Gasteiger partial charge in [-0.25, -0.2) is 0 Å². The highest BCUT2D eigenvalue weighted by atomic mass is 19.4. The van der Waals surface area contributed by atoms with E-state index in [4.69, 9.17) is 10.5 Å². The maximum atomic E-state index is 13.3. The van der Waals surface area contributed by atoms with E-state index >= 15 is 0 Å². The number of nitroso groups, excluding NO2 is 1. The summed E-state index contributed by atoms with van der Waals surface area (Å²) in [5.74, 6) is -0.422. The summed E-state index contributed by atoms with van der Waals surface area (Å²) >= 11 is 0. The minimum atomic E-state index is -4.73. The van der Waals surface area contributed by atoms with Gasteiger partial charge in [0.05, 0.1) is 5.57 Å². The van der Waals surface area contributed by atoms with Crippen LogP contribution in [0.3, 0.4) is 0 Å². The van der Waals surface area contributed by atoms with E-state index in [9.17, 15) is 22.9 Å². The maximum Gasteiger partial charge on any atom is 0.419 e. The molecule has 2 N–H and O–H groups in total. The monoisotopic (exact) mass is 347 g/mol. The lowest BCUT2D eigenvalue weighted by Crippen LogP contribution is -2.36. The number of carbonyl (C=O) groups excluding carboxylic acids is 1. The van der Waals surface area contributed by atoms with Gasteiger partial charge in [0.2, 0.25) is 5.91 Å². The lowest BCUT2D eigenvalue weighted by atomic mass is 10.1. The average Bonchev–Trinajstić information content (AvgIpc) is 2.93. The molecule has 6 nitrogen and oxygen atoms in total. The topological polar surface area (TPSA) is 85.0 Å². The number of hydrogen-bond acceptors (Lipinski definition) is 5. The van der Waals surface area contributed by atoms with E-state index in [1.54, 1.807) is 6.92 Å². The first kappa shape index (κ1) is 19.7. The van der Waals surface area contributed by atoms with E-state index in [1.165, 1.54) is 13.0 Å². The van der Waals surface area contributed by atoms with E-state index in [0.29, 0.717) is 18.2 Å². The van der Waals surface area contributed by atoms with Gasteiger partial charge >= 0.3 is 6.18 Å². The molecule has 0 aromatic carbocycles. The van der Waals surface area contributed by atoms with Gasteiger partial charge < -0.3 is 10.5 Å². The van der Waals surface area contributed by atoms with Crippen LogP contribution in [0.4, 0.5) is 13.2 Å². The summed E-state index contributed by atoms with van der Waals surface area (Å²) in [6, 6.07) is 0. The van der Waals surface area contributed by atoms with Crippen LogP contribution in [0.2, 0.25) is 0 Å². The van der Waals surface area contributed by atoms with Crippen molar-refractivity contribution in [3.05, 3.63) is 39.8 Å². The smallest absolute Gasteiger partial charge is 0.419 e. The number of nitrogens with zero attached hydrogens (tertiary/aromatic N) is 2. The minimum absolute atomic E-state index is 0.155. The SMILES string of the molecule is CCC(C)=C(N)/C(=C\N(C(C)=O)C1CC=C(CN=O)O1)C(F)(F)F. The Morgan fingerprint density at radius 1 is 1.50 bits per heavy atom. The normalized spacial score (nSPS) is 19.3. The minimum Gasteiger partial charge on any atom is -0.472 e. The van der Waals surface area contributed by atoms with Gasteiger partial charge in [0.15, 0.2) is 6.23 Å². The number of nitrogens with two attached hydrogens (primary N) is 1. The Bertz CT molecular complexity index is 595. The Labute approximate surface area is 137 Å².